The summed E-state index contributed by atoms with van der Waals surface area (Å²) in [6, 6.07) is 6.61. The number of hydrogen-bond donors (Lipinski definition) is 2. The Morgan fingerprint density at radius 3 is 2.29 bits per heavy atom. The summed E-state index contributed by atoms with van der Waals surface area (Å²) in [4.78, 5) is 26.9. The monoisotopic (exact) mass is 333 g/mol. The highest BCUT2D eigenvalue weighted by atomic mass is 19.1. The van der Waals surface area contributed by atoms with Crippen LogP contribution in [0.2, 0.25) is 0 Å². The maximum Gasteiger partial charge on any atom is 0.280 e. The second-order valence-electron chi connectivity index (χ2n) is 4.79. The number of nitrogens with two attached hydrogens (primary N) is 2. The predicted molar refractivity (Wildman–Crippen MR) is 83.0 cm³/mol. The molecule has 0 aliphatic rings. The molecule has 0 aromatic heterocycles. The topological polar surface area (TPSA) is 108 Å². The van der Waals surface area contributed by atoms with Gasteiger partial charge >= 0.3 is 0 Å². The minimum absolute atomic E-state index is 0.00857. The summed E-state index contributed by atoms with van der Waals surface area (Å²) < 4.78 is 31.9. The first-order valence-corrected chi connectivity index (χ1v) is 6.70. The van der Waals surface area contributed by atoms with Crippen molar-refractivity contribution in [1.29, 1.82) is 0 Å². The van der Waals surface area contributed by atoms with Gasteiger partial charge in [-0.15, -0.1) is 0 Å². The minimum Gasteiger partial charge on any atom is -0.454 e. The summed E-state index contributed by atoms with van der Waals surface area (Å²) in [5, 5.41) is 0. The Labute approximate surface area is 135 Å². The number of Topliss-reactive ketones (excluding diaryl/α,β-unsaturated/α-hetero) is 1. The molecule has 4 N–H and O–H groups in total. The van der Waals surface area contributed by atoms with E-state index in [1.54, 1.807) is 0 Å². The molecular weight excluding hydrogens is 320 g/mol. The van der Waals surface area contributed by atoms with Crippen molar-refractivity contribution in [1.82, 2.24) is 0 Å². The number of ketones is 1. The van der Waals surface area contributed by atoms with Crippen LogP contribution in [0.3, 0.4) is 0 Å². The summed E-state index contributed by atoms with van der Waals surface area (Å²) in [6.07, 6.45) is 0. The van der Waals surface area contributed by atoms with Crippen molar-refractivity contribution in [3.8, 4) is 11.5 Å². The lowest BCUT2D eigenvalue weighted by molar-refractivity contribution is 0.100. The zero-order chi connectivity index (χ0) is 17.9. The van der Waals surface area contributed by atoms with Crippen LogP contribution in [-0.4, -0.2) is 17.6 Å². The number of carbonyl (C=O) groups excluding carboxylic acids is 2. The zero-order valence-corrected chi connectivity index (χ0v) is 12.5. The molecular formula is C16H13F2N3O3. The summed E-state index contributed by atoms with van der Waals surface area (Å²) in [7, 11) is 0. The van der Waals surface area contributed by atoms with Crippen LogP contribution < -0.4 is 16.2 Å². The van der Waals surface area contributed by atoms with Crippen LogP contribution in [0.5, 0.6) is 11.5 Å². The molecule has 1 amide bonds. The van der Waals surface area contributed by atoms with Gasteiger partial charge in [0, 0.05) is 11.6 Å². The standard InChI is InChI=1S/C16H13F2N3O3/c1-8(22)11-6-9(15(23)21-16(19)20)2-4-13(11)24-14-5-3-10(17)7-12(14)18/h2-7H,1H3,(H4,19,20,21,23). The Balaban J connectivity index is 2.42. The van der Waals surface area contributed by atoms with Crippen molar-refractivity contribution >= 4 is 17.6 Å². The van der Waals surface area contributed by atoms with E-state index in [9.17, 15) is 18.4 Å². The number of ether oxygens (including phenoxy) is 1. The van der Waals surface area contributed by atoms with Gasteiger partial charge in [-0.25, -0.2) is 8.78 Å². The van der Waals surface area contributed by atoms with E-state index >= 15 is 0 Å². The highest BCUT2D eigenvalue weighted by Gasteiger charge is 2.16. The van der Waals surface area contributed by atoms with E-state index in [-0.39, 0.29) is 22.6 Å². The fourth-order valence-corrected chi connectivity index (χ4v) is 1.89. The number of aliphatic imine (C=N–C) groups is 1. The van der Waals surface area contributed by atoms with Crippen LogP contribution in [0.25, 0.3) is 0 Å². The first kappa shape index (κ1) is 17.1. The normalized spacial score (nSPS) is 10.1. The quantitative estimate of drug-likeness (QED) is 0.507. The third-order valence-electron chi connectivity index (χ3n) is 2.95. The molecule has 2 rings (SSSR count). The maximum atomic E-state index is 13.7. The van der Waals surface area contributed by atoms with Crippen molar-refractivity contribution in [2.24, 2.45) is 16.5 Å². The minimum atomic E-state index is -0.926. The van der Waals surface area contributed by atoms with Gasteiger partial charge in [0.25, 0.3) is 5.91 Å². The van der Waals surface area contributed by atoms with Gasteiger partial charge in [-0.1, -0.05) is 0 Å². The van der Waals surface area contributed by atoms with Crippen molar-refractivity contribution in [2.75, 3.05) is 0 Å². The zero-order valence-electron chi connectivity index (χ0n) is 12.5. The lowest BCUT2D eigenvalue weighted by Crippen LogP contribution is -2.24. The molecule has 0 atom stereocenters. The van der Waals surface area contributed by atoms with Crippen molar-refractivity contribution < 1.29 is 23.1 Å². The first-order chi connectivity index (χ1) is 11.3. The Hall–Kier alpha value is -3.29. The van der Waals surface area contributed by atoms with Gasteiger partial charge in [0.2, 0.25) is 0 Å². The molecule has 0 radical (unpaired) electrons. The van der Waals surface area contributed by atoms with E-state index in [1.807, 2.05) is 0 Å². The van der Waals surface area contributed by atoms with E-state index in [4.69, 9.17) is 16.2 Å². The fourth-order valence-electron chi connectivity index (χ4n) is 1.89. The lowest BCUT2D eigenvalue weighted by Gasteiger charge is -2.11. The molecule has 0 aliphatic carbocycles. The van der Waals surface area contributed by atoms with Crippen molar-refractivity contribution in [3.63, 3.8) is 0 Å². The number of rotatable bonds is 4. The predicted octanol–water partition coefficient (Wildman–Crippen LogP) is 2.37. The number of carbonyl (C=O) groups is 2. The molecule has 0 spiro atoms. The van der Waals surface area contributed by atoms with Crippen LogP contribution in [0, 0.1) is 11.6 Å². The Kier molecular flexibility index (Phi) is 4.88. The van der Waals surface area contributed by atoms with Gasteiger partial charge in [-0.05, 0) is 37.3 Å². The number of halogens is 2. The van der Waals surface area contributed by atoms with Crippen LogP contribution in [0.1, 0.15) is 27.6 Å². The van der Waals surface area contributed by atoms with Crippen molar-refractivity contribution in [2.45, 2.75) is 6.92 Å². The molecule has 24 heavy (non-hydrogen) atoms. The van der Waals surface area contributed by atoms with Gasteiger partial charge in [0.15, 0.2) is 23.3 Å². The molecule has 0 saturated heterocycles. The first-order valence-electron chi connectivity index (χ1n) is 6.70. The third kappa shape index (κ3) is 3.92. The number of guanidine groups is 1. The largest absolute Gasteiger partial charge is 0.454 e. The van der Waals surface area contributed by atoms with E-state index in [0.717, 1.165) is 12.1 Å². The molecule has 8 heteroatoms. The molecule has 124 valence electrons. The molecule has 0 unspecified atom stereocenters. The van der Waals surface area contributed by atoms with E-state index in [0.29, 0.717) is 6.07 Å². The molecule has 2 aromatic carbocycles. The summed E-state index contributed by atoms with van der Waals surface area (Å²) in [6.45, 7) is 1.25. The molecule has 0 bridgehead atoms. The Morgan fingerprint density at radius 1 is 1.04 bits per heavy atom. The summed E-state index contributed by atoms with van der Waals surface area (Å²) in [5.41, 5.74) is 10.3. The van der Waals surface area contributed by atoms with Crippen LogP contribution in [0.15, 0.2) is 41.4 Å². The van der Waals surface area contributed by atoms with Gasteiger partial charge in [-0.2, -0.15) is 4.99 Å². The Morgan fingerprint density at radius 2 is 1.71 bits per heavy atom. The van der Waals surface area contributed by atoms with Gasteiger partial charge in [0.1, 0.15) is 11.6 Å². The average molecular weight is 333 g/mol. The highest BCUT2D eigenvalue weighted by molar-refractivity contribution is 6.05. The van der Waals surface area contributed by atoms with Gasteiger partial charge in [-0.3, -0.25) is 9.59 Å². The average Bonchev–Trinajstić information content (AvgIpc) is 2.49. The van der Waals surface area contributed by atoms with Gasteiger partial charge < -0.3 is 16.2 Å². The molecule has 0 fully saturated rings. The fraction of sp³-hybridized carbons (Fsp3) is 0.0625. The van der Waals surface area contributed by atoms with Crippen LogP contribution >= 0.6 is 0 Å². The SMILES string of the molecule is CC(=O)c1cc(C(=O)N=C(N)N)ccc1Oc1ccc(F)cc1F. The molecule has 0 heterocycles. The molecule has 6 nitrogen and oxygen atoms in total. The van der Waals surface area contributed by atoms with Crippen LogP contribution in [-0.2, 0) is 0 Å². The Bertz CT molecular complexity index is 846. The van der Waals surface area contributed by atoms with E-state index in [1.165, 1.54) is 25.1 Å². The number of nitrogens with zero attached hydrogens (tertiary/aromatic N) is 1. The smallest absolute Gasteiger partial charge is 0.280 e. The highest BCUT2D eigenvalue weighted by Crippen LogP contribution is 2.29. The van der Waals surface area contributed by atoms with E-state index in [2.05, 4.69) is 4.99 Å². The maximum absolute atomic E-state index is 13.7. The van der Waals surface area contributed by atoms with Gasteiger partial charge in [0.05, 0.1) is 5.56 Å². The second-order valence-corrected chi connectivity index (χ2v) is 4.79. The molecule has 2 aromatic rings. The summed E-state index contributed by atoms with van der Waals surface area (Å²) in [5.74, 6) is -3.52. The third-order valence-corrected chi connectivity index (χ3v) is 2.95. The number of benzene rings is 2. The van der Waals surface area contributed by atoms with E-state index < -0.39 is 29.3 Å². The molecule has 0 aliphatic heterocycles. The van der Waals surface area contributed by atoms with Crippen LogP contribution in [0.4, 0.5) is 8.78 Å². The number of hydrogen-bond acceptors (Lipinski definition) is 3. The molecule has 0 saturated carbocycles. The second kappa shape index (κ2) is 6.86. The van der Waals surface area contributed by atoms with Crippen molar-refractivity contribution in [3.05, 3.63) is 59.2 Å². The lowest BCUT2D eigenvalue weighted by atomic mass is 10.1. The number of amides is 1. The summed E-state index contributed by atoms with van der Waals surface area (Å²) >= 11 is 0.